The highest BCUT2D eigenvalue weighted by Crippen LogP contribution is 2.14. The molecule has 0 aromatic heterocycles. The van der Waals surface area contributed by atoms with E-state index in [1.54, 1.807) is 0 Å². The first-order valence-electron chi connectivity index (χ1n) is 5.27. The Hall–Kier alpha value is -1.93. The van der Waals surface area contributed by atoms with Gasteiger partial charge in [0.15, 0.2) is 0 Å². The highest BCUT2D eigenvalue weighted by Gasteiger charge is 2.18. The maximum Gasteiger partial charge on any atom is 0.322 e. The molecule has 0 unspecified atom stereocenters. The zero-order valence-corrected chi connectivity index (χ0v) is 11.3. The van der Waals surface area contributed by atoms with E-state index in [2.05, 4.69) is 5.32 Å². The fourth-order valence-electron chi connectivity index (χ4n) is 1.27. The van der Waals surface area contributed by atoms with Gasteiger partial charge in [-0.15, -0.1) is 0 Å². The Bertz CT molecular complexity index is 595. The molecule has 0 aliphatic carbocycles. The number of hydrogen-bond acceptors (Lipinski definition) is 4. The molecule has 0 heterocycles. The van der Waals surface area contributed by atoms with Crippen LogP contribution in [0.15, 0.2) is 29.2 Å². The molecule has 1 amide bonds. The monoisotopic (exact) mass is 286 g/mol. The molecular formula is C11H14N2O5S. The van der Waals surface area contributed by atoms with Crippen molar-refractivity contribution in [3.63, 3.8) is 0 Å². The van der Waals surface area contributed by atoms with Crippen LogP contribution in [0, 0.1) is 0 Å². The lowest BCUT2D eigenvalue weighted by Gasteiger charge is -2.12. The molecule has 8 heteroatoms. The molecule has 7 nitrogen and oxygen atoms in total. The standard InChI is InChI=1S/C11H14N2O5S/c1-13(2)19(17,18)9-5-3-4-8(6-9)11(16)12-7-10(14)15/h3-6H,7H2,1-2H3,(H,12,16)(H,14,15). The van der Waals surface area contributed by atoms with E-state index in [1.807, 2.05) is 0 Å². The molecule has 0 spiro atoms. The molecular weight excluding hydrogens is 272 g/mol. The van der Waals surface area contributed by atoms with Gasteiger partial charge in [0.2, 0.25) is 10.0 Å². The van der Waals surface area contributed by atoms with E-state index in [0.717, 1.165) is 4.31 Å². The van der Waals surface area contributed by atoms with Crippen LogP contribution in [-0.4, -0.2) is 50.3 Å². The van der Waals surface area contributed by atoms with Gasteiger partial charge in [0.1, 0.15) is 6.54 Å². The third-order valence-electron chi connectivity index (χ3n) is 2.27. The van der Waals surface area contributed by atoms with Crippen LogP contribution in [0.5, 0.6) is 0 Å². The number of hydrogen-bond donors (Lipinski definition) is 2. The fourth-order valence-corrected chi connectivity index (χ4v) is 2.21. The molecule has 2 N–H and O–H groups in total. The van der Waals surface area contributed by atoms with Crippen LogP contribution < -0.4 is 5.32 Å². The molecule has 0 saturated carbocycles. The van der Waals surface area contributed by atoms with Crippen LogP contribution in [-0.2, 0) is 14.8 Å². The van der Waals surface area contributed by atoms with Crippen molar-refractivity contribution in [2.24, 2.45) is 0 Å². The van der Waals surface area contributed by atoms with Crippen LogP contribution in [0.3, 0.4) is 0 Å². The number of nitrogens with one attached hydrogen (secondary N) is 1. The number of nitrogens with zero attached hydrogens (tertiary/aromatic N) is 1. The van der Waals surface area contributed by atoms with Crippen LogP contribution in [0.2, 0.25) is 0 Å². The quantitative estimate of drug-likeness (QED) is 0.777. The van der Waals surface area contributed by atoms with Crippen LogP contribution in [0.25, 0.3) is 0 Å². The molecule has 0 atom stereocenters. The summed E-state index contributed by atoms with van der Waals surface area (Å²) in [5.74, 6) is -1.82. The average molecular weight is 286 g/mol. The Labute approximate surface area is 110 Å². The number of carbonyl (C=O) groups is 2. The third kappa shape index (κ3) is 3.76. The molecule has 1 aromatic rings. The van der Waals surface area contributed by atoms with E-state index in [0.29, 0.717) is 0 Å². The van der Waals surface area contributed by atoms with Gasteiger partial charge in [-0.2, -0.15) is 0 Å². The number of amides is 1. The second-order valence-electron chi connectivity index (χ2n) is 3.89. The SMILES string of the molecule is CN(C)S(=O)(=O)c1cccc(C(=O)NCC(=O)O)c1. The lowest BCUT2D eigenvalue weighted by Crippen LogP contribution is -2.29. The summed E-state index contributed by atoms with van der Waals surface area (Å²) >= 11 is 0. The predicted molar refractivity (Wildman–Crippen MR) is 67.3 cm³/mol. The summed E-state index contributed by atoms with van der Waals surface area (Å²) in [4.78, 5) is 21.9. The van der Waals surface area contributed by atoms with Crippen molar-refractivity contribution in [2.45, 2.75) is 4.90 Å². The number of carboxylic acids is 1. The normalized spacial score (nSPS) is 11.3. The van der Waals surface area contributed by atoms with Crippen LogP contribution in [0.1, 0.15) is 10.4 Å². The van der Waals surface area contributed by atoms with Gasteiger partial charge in [0, 0.05) is 19.7 Å². The van der Waals surface area contributed by atoms with E-state index in [1.165, 1.54) is 38.4 Å². The highest BCUT2D eigenvalue weighted by atomic mass is 32.2. The average Bonchev–Trinajstić information content (AvgIpc) is 2.35. The topological polar surface area (TPSA) is 104 Å². The van der Waals surface area contributed by atoms with E-state index in [4.69, 9.17) is 5.11 Å². The molecule has 0 aliphatic heterocycles. The maximum absolute atomic E-state index is 11.9. The van der Waals surface area contributed by atoms with Crippen molar-refractivity contribution in [3.05, 3.63) is 29.8 Å². The largest absolute Gasteiger partial charge is 0.480 e. The van der Waals surface area contributed by atoms with E-state index >= 15 is 0 Å². The number of carboxylic acid groups (broad SMARTS) is 1. The van der Waals surface area contributed by atoms with Gasteiger partial charge in [-0.25, -0.2) is 12.7 Å². The maximum atomic E-state index is 11.9. The number of aliphatic carboxylic acids is 1. The zero-order chi connectivity index (χ0) is 14.6. The van der Waals surface area contributed by atoms with Gasteiger partial charge in [0.05, 0.1) is 4.90 Å². The predicted octanol–water partition coefficient (Wildman–Crippen LogP) is -0.249. The molecule has 0 radical (unpaired) electrons. The first kappa shape index (κ1) is 15.1. The van der Waals surface area contributed by atoms with E-state index in [-0.39, 0.29) is 10.5 Å². The van der Waals surface area contributed by atoms with Gasteiger partial charge in [-0.1, -0.05) is 6.07 Å². The minimum Gasteiger partial charge on any atom is -0.480 e. The Balaban J connectivity index is 3.01. The van der Waals surface area contributed by atoms with Gasteiger partial charge in [0.25, 0.3) is 5.91 Å². The molecule has 0 aliphatic rings. The summed E-state index contributed by atoms with van der Waals surface area (Å²) < 4.78 is 24.8. The summed E-state index contributed by atoms with van der Waals surface area (Å²) in [5, 5.41) is 10.6. The Kier molecular flexibility index (Phi) is 4.62. The second kappa shape index (κ2) is 5.81. The summed E-state index contributed by atoms with van der Waals surface area (Å²) in [6.45, 7) is -0.524. The summed E-state index contributed by atoms with van der Waals surface area (Å²) in [7, 11) is -0.864. The molecule has 0 saturated heterocycles. The van der Waals surface area contributed by atoms with Crippen molar-refractivity contribution >= 4 is 21.9 Å². The number of sulfonamides is 1. The van der Waals surface area contributed by atoms with Gasteiger partial charge in [-0.05, 0) is 18.2 Å². The van der Waals surface area contributed by atoms with Gasteiger partial charge >= 0.3 is 5.97 Å². The lowest BCUT2D eigenvalue weighted by molar-refractivity contribution is -0.135. The van der Waals surface area contributed by atoms with Crippen molar-refractivity contribution in [2.75, 3.05) is 20.6 Å². The van der Waals surface area contributed by atoms with Crippen molar-refractivity contribution in [3.8, 4) is 0 Å². The smallest absolute Gasteiger partial charge is 0.322 e. The third-order valence-corrected chi connectivity index (χ3v) is 4.09. The molecule has 0 fully saturated rings. The first-order chi connectivity index (χ1) is 8.75. The van der Waals surface area contributed by atoms with Crippen LogP contribution >= 0.6 is 0 Å². The number of rotatable bonds is 5. The molecule has 104 valence electrons. The molecule has 19 heavy (non-hydrogen) atoms. The molecule has 0 bridgehead atoms. The highest BCUT2D eigenvalue weighted by molar-refractivity contribution is 7.89. The van der Waals surface area contributed by atoms with Crippen LogP contribution in [0.4, 0.5) is 0 Å². The molecule has 1 rings (SSSR count). The number of carbonyl (C=O) groups excluding carboxylic acids is 1. The van der Waals surface area contributed by atoms with Crippen molar-refractivity contribution < 1.29 is 23.1 Å². The van der Waals surface area contributed by atoms with E-state index < -0.39 is 28.4 Å². The summed E-state index contributed by atoms with van der Waals surface area (Å²) in [5.41, 5.74) is 0.0872. The van der Waals surface area contributed by atoms with Gasteiger partial charge < -0.3 is 10.4 Å². The second-order valence-corrected chi connectivity index (χ2v) is 6.04. The van der Waals surface area contributed by atoms with Gasteiger partial charge in [-0.3, -0.25) is 9.59 Å². The zero-order valence-electron chi connectivity index (χ0n) is 10.5. The summed E-state index contributed by atoms with van der Waals surface area (Å²) in [6.07, 6.45) is 0. The number of benzene rings is 1. The van der Waals surface area contributed by atoms with E-state index in [9.17, 15) is 18.0 Å². The molecule has 1 aromatic carbocycles. The Morgan fingerprint density at radius 2 is 1.95 bits per heavy atom. The Morgan fingerprint density at radius 1 is 1.32 bits per heavy atom. The Morgan fingerprint density at radius 3 is 2.47 bits per heavy atom. The summed E-state index contributed by atoms with van der Waals surface area (Å²) in [6, 6.07) is 5.40. The minimum absolute atomic E-state index is 0.0273. The van der Waals surface area contributed by atoms with Crippen molar-refractivity contribution in [1.29, 1.82) is 0 Å². The fraction of sp³-hybridized carbons (Fsp3) is 0.273. The van der Waals surface area contributed by atoms with Crippen molar-refractivity contribution in [1.82, 2.24) is 9.62 Å². The first-order valence-corrected chi connectivity index (χ1v) is 6.71. The lowest BCUT2D eigenvalue weighted by atomic mass is 10.2. The minimum atomic E-state index is -3.63.